The number of aldehydes is 1. The fraction of sp³-hybridized carbons (Fsp3) is 0.273. The summed E-state index contributed by atoms with van der Waals surface area (Å²) in [6.07, 6.45) is 5.40. The number of carbonyl (C=O) groups excluding carboxylic acids is 1. The topological polar surface area (TPSA) is 77.0 Å². The zero-order chi connectivity index (χ0) is 21.5. The number of nitrogens with zero attached hydrogens (tertiary/aromatic N) is 5. The number of rotatable bonds is 4. The van der Waals surface area contributed by atoms with E-state index in [0.717, 1.165) is 12.8 Å². The number of hydrogen-bond donors (Lipinski definition) is 0. The highest BCUT2D eigenvalue weighted by Gasteiger charge is 2.32. The summed E-state index contributed by atoms with van der Waals surface area (Å²) in [6.45, 7) is 2.63. The van der Waals surface area contributed by atoms with Gasteiger partial charge >= 0.3 is 0 Å². The van der Waals surface area contributed by atoms with Gasteiger partial charge in [-0.3, -0.25) is 4.79 Å². The Balaban J connectivity index is 1.56. The summed E-state index contributed by atoms with van der Waals surface area (Å²) in [5, 5.41) is 8.95. The molecule has 4 aromatic rings. The molecule has 0 amide bonds. The van der Waals surface area contributed by atoms with E-state index < -0.39 is 5.82 Å². The number of aromatic nitrogens is 4. The number of benzene rings is 2. The van der Waals surface area contributed by atoms with Crippen molar-refractivity contribution in [3.05, 3.63) is 65.0 Å². The molecule has 7 nitrogen and oxygen atoms in total. The number of piperidine rings is 1. The summed E-state index contributed by atoms with van der Waals surface area (Å²) in [7, 11) is 0. The highest BCUT2D eigenvalue weighted by Crippen LogP contribution is 2.37. The minimum absolute atomic E-state index is 0.00348. The number of hydrogen-bond acceptors (Lipinski definition) is 6. The maximum absolute atomic E-state index is 14.4. The van der Waals surface area contributed by atoms with Crippen LogP contribution >= 0.6 is 11.6 Å². The Morgan fingerprint density at radius 3 is 2.77 bits per heavy atom. The number of halogens is 2. The lowest BCUT2D eigenvalue weighted by Crippen LogP contribution is -2.42. The van der Waals surface area contributed by atoms with Gasteiger partial charge in [-0.05, 0) is 50.1 Å². The second-order valence-electron chi connectivity index (χ2n) is 7.74. The lowest BCUT2D eigenvalue weighted by Gasteiger charge is -2.39. The van der Waals surface area contributed by atoms with Crippen molar-refractivity contribution in [3.8, 4) is 5.69 Å². The van der Waals surface area contributed by atoms with E-state index in [1.54, 1.807) is 12.1 Å². The Hall–Kier alpha value is -3.26. The van der Waals surface area contributed by atoms with Gasteiger partial charge < -0.3 is 9.32 Å². The quantitative estimate of drug-likeness (QED) is 0.426. The smallest absolute Gasteiger partial charge is 0.200 e. The van der Waals surface area contributed by atoms with Crippen molar-refractivity contribution in [1.82, 2.24) is 20.0 Å². The molecule has 0 radical (unpaired) electrons. The predicted molar refractivity (Wildman–Crippen MR) is 115 cm³/mol. The average Bonchev–Trinajstić information content (AvgIpc) is 3.43. The molecule has 2 atom stereocenters. The van der Waals surface area contributed by atoms with Crippen LogP contribution in [0.15, 0.2) is 47.1 Å². The SMILES string of the molecule is C[C@@H]1CC[C@@H](c2nc3cc(Cl)ccc3o2)CN1c1cc(F)cc(C=O)c1-n1nccn1. The lowest BCUT2D eigenvalue weighted by molar-refractivity contribution is 0.112. The van der Waals surface area contributed by atoms with Crippen molar-refractivity contribution in [1.29, 1.82) is 0 Å². The van der Waals surface area contributed by atoms with E-state index in [0.29, 0.717) is 46.2 Å². The molecule has 0 saturated carbocycles. The molecule has 0 bridgehead atoms. The average molecular weight is 440 g/mol. The van der Waals surface area contributed by atoms with Crippen LogP contribution in [0.25, 0.3) is 16.8 Å². The molecule has 31 heavy (non-hydrogen) atoms. The second-order valence-corrected chi connectivity index (χ2v) is 8.18. The summed E-state index contributed by atoms with van der Waals surface area (Å²) in [5.41, 5.74) is 2.60. The molecule has 1 saturated heterocycles. The Labute approximate surface area is 182 Å². The van der Waals surface area contributed by atoms with Crippen LogP contribution in [0.2, 0.25) is 5.02 Å². The summed E-state index contributed by atoms with van der Waals surface area (Å²) in [5.74, 6) is 0.141. The van der Waals surface area contributed by atoms with Crippen LogP contribution < -0.4 is 4.90 Å². The summed E-state index contributed by atoms with van der Waals surface area (Å²) >= 11 is 6.08. The molecule has 2 aromatic heterocycles. The molecule has 5 rings (SSSR count). The Bertz CT molecular complexity index is 1260. The summed E-state index contributed by atoms with van der Waals surface area (Å²) in [6, 6.07) is 8.10. The van der Waals surface area contributed by atoms with E-state index in [1.165, 1.54) is 29.3 Å². The van der Waals surface area contributed by atoms with Crippen molar-refractivity contribution in [3.63, 3.8) is 0 Å². The minimum atomic E-state index is -0.487. The number of anilines is 1. The van der Waals surface area contributed by atoms with E-state index in [-0.39, 0.29) is 17.5 Å². The van der Waals surface area contributed by atoms with Crippen molar-refractivity contribution in [2.75, 3.05) is 11.4 Å². The van der Waals surface area contributed by atoms with Gasteiger partial charge in [-0.15, -0.1) is 4.80 Å². The monoisotopic (exact) mass is 439 g/mol. The van der Waals surface area contributed by atoms with Gasteiger partial charge in [-0.2, -0.15) is 10.2 Å². The van der Waals surface area contributed by atoms with Crippen molar-refractivity contribution < 1.29 is 13.6 Å². The Morgan fingerprint density at radius 2 is 2.00 bits per heavy atom. The first-order valence-electron chi connectivity index (χ1n) is 10.0. The molecular weight excluding hydrogens is 421 g/mol. The van der Waals surface area contributed by atoms with Gasteiger partial charge in [0.25, 0.3) is 0 Å². The first-order valence-corrected chi connectivity index (χ1v) is 10.4. The highest BCUT2D eigenvalue weighted by atomic mass is 35.5. The number of fused-ring (bicyclic) bond motifs is 1. The number of oxazole rings is 1. The molecular formula is C22H19ClFN5O2. The standard InChI is InChI=1S/C22H19ClFN5O2/c1-13-2-3-14(22-27-18-9-16(23)4-5-20(18)31-22)11-28(13)19-10-17(24)8-15(12-30)21(19)29-25-6-7-26-29/h4-10,12-14H,2-3,11H2,1H3/t13-,14-/m1/s1. The van der Waals surface area contributed by atoms with E-state index in [4.69, 9.17) is 16.0 Å². The van der Waals surface area contributed by atoms with Gasteiger partial charge in [-0.25, -0.2) is 9.37 Å². The van der Waals surface area contributed by atoms with Gasteiger partial charge in [0.1, 0.15) is 17.0 Å². The molecule has 0 N–H and O–H groups in total. The van der Waals surface area contributed by atoms with Crippen molar-refractivity contribution in [2.24, 2.45) is 0 Å². The first kappa shape index (κ1) is 19.7. The van der Waals surface area contributed by atoms with E-state index in [1.807, 2.05) is 6.07 Å². The molecule has 9 heteroatoms. The third kappa shape index (κ3) is 3.57. The van der Waals surface area contributed by atoms with Crippen LogP contribution in [-0.2, 0) is 0 Å². The van der Waals surface area contributed by atoms with E-state index >= 15 is 0 Å². The van der Waals surface area contributed by atoms with Gasteiger partial charge in [0, 0.05) is 23.2 Å². The van der Waals surface area contributed by atoms with Crippen LogP contribution in [0.4, 0.5) is 10.1 Å². The Kier molecular flexibility index (Phi) is 4.94. The summed E-state index contributed by atoms with van der Waals surface area (Å²) < 4.78 is 20.4. The fourth-order valence-electron chi connectivity index (χ4n) is 4.20. The molecule has 0 spiro atoms. The van der Waals surface area contributed by atoms with Gasteiger partial charge in [0.2, 0.25) is 0 Å². The van der Waals surface area contributed by atoms with Crippen LogP contribution in [0.5, 0.6) is 0 Å². The van der Waals surface area contributed by atoms with Crippen molar-refractivity contribution >= 4 is 34.7 Å². The van der Waals surface area contributed by atoms with Crippen LogP contribution in [0.3, 0.4) is 0 Å². The van der Waals surface area contributed by atoms with Crippen LogP contribution in [-0.4, -0.2) is 38.9 Å². The highest BCUT2D eigenvalue weighted by molar-refractivity contribution is 6.31. The maximum Gasteiger partial charge on any atom is 0.200 e. The third-order valence-electron chi connectivity index (χ3n) is 5.74. The van der Waals surface area contributed by atoms with E-state index in [2.05, 4.69) is 27.0 Å². The number of carbonyl (C=O) groups is 1. The van der Waals surface area contributed by atoms with Crippen molar-refractivity contribution in [2.45, 2.75) is 31.7 Å². The van der Waals surface area contributed by atoms with Gasteiger partial charge in [-0.1, -0.05) is 11.6 Å². The molecule has 1 fully saturated rings. The zero-order valence-corrected chi connectivity index (χ0v) is 17.5. The molecule has 1 aliphatic rings. The first-order chi connectivity index (χ1) is 15.0. The molecule has 2 aromatic carbocycles. The third-order valence-corrected chi connectivity index (χ3v) is 5.97. The zero-order valence-electron chi connectivity index (χ0n) is 16.7. The fourth-order valence-corrected chi connectivity index (χ4v) is 4.37. The molecule has 1 aliphatic heterocycles. The predicted octanol–water partition coefficient (Wildman–Crippen LogP) is 4.79. The Morgan fingerprint density at radius 1 is 1.19 bits per heavy atom. The molecule has 0 aliphatic carbocycles. The van der Waals surface area contributed by atoms with Gasteiger partial charge in [0.05, 0.1) is 24.0 Å². The van der Waals surface area contributed by atoms with E-state index in [9.17, 15) is 9.18 Å². The molecule has 3 heterocycles. The van der Waals surface area contributed by atoms with Crippen LogP contribution in [0.1, 0.15) is 41.9 Å². The molecule has 0 unspecified atom stereocenters. The van der Waals surface area contributed by atoms with Crippen LogP contribution in [0, 0.1) is 5.82 Å². The second kappa shape index (κ2) is 7.77. The maximum atomic E-state index is 14.4. The summed E-state index contributed by atoms with van der Waals surface area (Å²) in [4.78, 5) is 19.8. The minimum Gasteiger partial charge on any atom is -0.440 e. The normalized spacial score (nSPS) is 19.1. The van der Waals surface area contributed by atoms with Gasteiger partial charge in [0.15, 0.2) is 17.8 Å². The lowest BCUT2D eigenvalue weighted by atomic mass is 9.92. The largest absolute Gasteiger partial charge is 0.440 e. The molecule has 158 valence electrons.